The number of rotatable bonds is 3. The van der Waals surface area contributed by atoms with E-state index in [1.54, 1.807) is 11.0 Å². The highest BCUT2D eigenvalue weighted by molar-refractivity contribution is 6.30. The molecule has 0 spiro atoms. The highest BCUT2D eigenvalue weighted by Crippen LogP contribution is 2.19. The maximum absolute atomic E-state index is 13.6. The third kappa shape index (κ3) is 3.48. The van der Waals surface area contributed by atoms with Gasteiger partial charge in [-0.05, 0) is 30.5 Å². The molecule has 1 aliphatic rings. The molecule has 1 aromatic rings. The molecule has 2 rings (SSSR count). The number of amides is 2. The summed E-state index contributed by atoms with van der Waals surface area (Å²) in [5.74, 6) is -1.10. The largest absolute Gasteiger partial charge is 0.369 e. The normalized spacial score (nSPS) is 16.2. The Balaban J connectivity index is 1.94. The maximum atomic E-state index is 13.6. The fourth-order valence-electron chi connectivity index (χ4n) is 2.35. The predicted molar refractivity (Wildman–Crippen MR) is 73.6 cm³/mol. The lowest BCUT2D eigenvalue weighted by molar-refractivity contribution is -0.134. The van der Waals surface area contributed by atoms with Crippen molar-refractivity contribution in [1.82, 2.24) is 4.90 Å². The van der Waals surface area contributed by atoms with Crippen LogP contribution >= 0.6 is 11.6 Å². The van der Waals surface area contributed by atoms with Crippen molar-refractivity contribution in [1.29, 1.82) is 0 Å². The summed E-state index contributed by atoms with van der Waals surface area (Å²) in [7, 11) is 0. The van der Waals surface area contributed by atoms with Crippen molar-refractivity contribution in [3.63, 3.8) is 0 Å². The van der Waals surface area contributed by atoms with Crippen LogP contribution in [-0.2, 0) is 16.0 Å². The van der Waals surface area contributed by atoms with Gasteiger partial charge in [0.05, 0.1) is 6.42 Å². The highest BCUT2D eigenvalue weighted by Gasteiger charge is 2.26. The van der Waals surface area contributed by atoms with Crippen LogP contribution < -0.4 is 5.73 Å². The van der Waals surface area contributed by atoms with E-state index >= 15 is 0 Å². The lowest BCUT2D eigenvalue weighted by Crippen LogP contribution is -2.42. The van der Waals surface area contributed by atoms with Crippen molar-refractivity contribution in [2.75, 3.05) is 13.1 Å². The minimum Gasteiger partial charge on any atom is -0.369 e. The Kier molecular flexibility index (Phi) is 4.60. The SMILES string of the molecule is NC(=O)C1CCN(C(=O)Cc2ccc(Cl)cc2F)CC1. The average molecular weight is 299 g/mol. The van der Waals surface area contributed by atoms with E-state index in [1.807, 2.05) is 0 Å². The Bertz CT molecular complexity index is 528. The molecule has 0 atom stereocenters. The number of hydrogen-bond acceptors (Lipinski definition) is 2. The predicted octanol–water partition coefficient (Wildman–Crippen LogP) is 1.75. The molecule has 108 valence electrons. The number of primary amides is 1. The first-order valence-corrected chi connectivity index (χ1v) is 6.86. The Morgan fingerprint density at radius 1 is 1.35 bits per heavy atom. The molecule has 4 nitrogen and oxygen atoms in total. The van der Waals surface area contributed by atoms with Gasteiger partial charge < -0.3 is 10.6 Å². The first-order chi connectivity index (χ1) is 9.47. The van der Waals surface area contributed by atoms with Gasteiger partial charge in [0, 0.05) is 24.0 Å². The summed E-state index contributed by atoms with van der Waals surface area (Å²) < 4.78 is 13.6. The summed E-state index contributed by atoms with van der Waals surface area (Å²) in [6, 6.07) is 4.28. The van der Waals surface area contributed by atoms with Crippen molar-refractivity contribution in [2.24, 2.45) is 11.7 Å². The van der Waals surface area contributed by atoms with Crippen molar-refractivity contribution >= 4 is 23.4 Å². The number of carbonyl (C=O) groups is 2. The van der Waals surface area contributed by atoms with Crippen LogP contribution in [0, 0.1) is 11.7 Å². The lowest BCUT2D eigenvalue weighted by Gasteiger charge is -2.30. The van der Waals surface area contributed by atoms with Crippen LogP contribution in [-0.4, -0.2) is 29.8 Å². The van der Waals surface area contributed by atoms with E-state index in [9.17, 15) is 14.0 Å². The number of piperidine rings is 1. The number of nitrogens with two attached hydrogens (primary N) is 1. The molecule has 1 heterocycles. The topological polar surface area (TPSA) is 63.4 Å². The quantitative estimate of drug-likeness (QED) is 0.924. The zero-order valence-electron chi connectivity index (χ0n) is 10.9. The molecule has 2 amide bonds. The molecule has 0 aromatic heterocycles. The van der Waals surface area contributed by atoms with Crippen LogP contribution in [0.3, 0.4) is 0 Å². The summed E-state index contributed by atoms with van der Waals surface area (Å²) in [5, 5.41) is 0.306. The van der Waals surface area contributed by atoms with E-state index in [-0.39, 0.29) is 24.2 Å². The number of hydrogen-bond donors (Lipinski definition) is 1. The van der Waals surface area contributed by atoms with E-state index in [2.05, 4.69) is 0 Å². The van der Waals surface area contributed by atoms with Crippen molar-refractivity contribution in [3.8, 4) is 0 Å². The van der Waals surface area contributed by atoms with E-state index in [4.69, 9.17) is 17.3 Å². The van der Waals surface area contributed by atoms with Crippen LogP contribution in [0.1, 0.15) is 18.4 Å². The van der Waals surface area contributed by atoms with E-state index in [0.717, 1.165) is 0 Å². The van der Waals surface area contributed by atoms with Crippen molar-refractivity contribution in [2.45, 2.75) is 19.3 Å². The molecule has 0 aliphatic carbocycles. The Hall–Kier alpha value is -1.62. The van der Waals surface area contributed by atoms with Crippen LogP contribution in [0.5, 0.6) is 0 Å². The minimum absolute atomic E-state index is 0.00421. The van der Waals surface area contributed by atoms with E-state index in [1.165, 1.54) is 12.1 Å². The lowest BCUT2D eigenvalue weighted by atomic mass is 9.96. The van der Waals surface area contributed by atoms with Crippen molar-refractivity contribution in [3.05, 3.63) is 34.6 Å². The summed E-state index contributed by atoms with van der Waals surface area (Å²) in [5.41, 5.74) is 5.57. The Morgan fingerprint density at radius 3 is 2.55 bits per heavy atom. The zero-order valence-corrected chi connectivity index (χ0v) is 11.7. The second-order valence-corrected chi connectivity index (χ2v) is 5.41. The van der Waals surface area contributed by atoms with Gasteiger partial charge in [-0.15, -0.1) is 0 Å². The molecular weight excluding hydrogens is 283 g/mol. The fourth-order valence-corrected chi connectivity index (χ4v) is 2.51. The first-order valence-electron chi connectivity index (χ1n) is 6.48. The van der Waals surface area contributed by atoms with Gasteiger partial charge in [-0.3, -0.25) is 9.59 Å². The van der Waals surface area contributed by atoms with Gasteiger partial charge in [0.15, 0.2) is 0 Å². The second kappa shape index (κ2) is 6.22. The number of likely N-dealkylation sites (tertiary alicyclic amines) is 1. The molecular formula is C14H16ClFN2O2. The molecule has 6 heteroatoms. The molecule has 0 radical (unpaired) electrons. The van der Waals surface area contributed by atoms with Gasteiger partial charge in [0.2, 0.25) is 11.8 Å². The first kappa shape index (κ1) is 14.8. The summed E-state index contributed by atoms with van der Waals surface area (Å²) in [6.45, 7) is 0.975. The molecule has 1 saturated heterocycles. The van der Waals surface area contributed by atoms with Gasteiger partial charge in [-0.25, -0.2) is 4.39 Å². The van der Waals surface area contributed by atoms with E-state index in [0.29, 0.717) is 36.5 Å². The van der Waals surface area contributed by atoms with Crippen LogP contribution in [0.4, 0.5) is 4.39 Å². The molecule has 0 bridgehead atoms. The summed E-state index contributed by atoms with van der Waals surface area (Å²) in [4.78, 5) is 24.8. The third-order valence-corrected chi connectivity index (χ3v) is 3.84. The fraction of sp³-hybridized carbons (Fsp3) is 0.429. The molecule has 1 fully saturated rings. The van der Waals surface area contributed by atoms with Gasteiger partial charge >= 0.3 is 0 Å². The van der Waals surface area contributed by atoms with Gasteiger partial charge in [0.1, 0.15) is 5.82 Å². The highest BCUT2D eigenvalue weighted by atomic mass is 35.5. The second-order valence-electron chi connectivity index (χ2n) is 4.97. The Morgan fingerprint density at radius 2 is 2.00 bits per heavy atom. The molecule has 1 aliphatic heterocycles. The number of benzene rings is 1. The standard InChI is InChI=1S/C14H16ClFN2O2/c15-11-2-1-10(12(16)8-11)7-13(19)18-5-3-9(4-6-18)14(17)20/h1-2,8-9H,3-7H2,(H2,17,20). The minimum atomic E-state index is -0.474. The summed E-state index contributed by atoms with van der Waals surface area (Å²) in [6.07, 6.45) is 1.15. The van der Waals surface area contributed by atoms with Crippen LogP contribution in [0.15, 0.2) is 18.2 Å². The summed E-state index contributed by atoms with van der Waals surface area (Å²) >= 11 is 5.67. The smallest absolute Gasteiger partial charge is 0.227 e. The van der Waals surface area contributed by atoms with Gasteiger partial charge in [-0.1, -0.05) is 17.7 Å². The van der Waals surface area contributed by atoms with Crippen molar-refractivity contribution < 1.29 is 14.0 Å². The molecule has 0 unspecified atom stereocenters. The molecule has 20 heavy (non-hydrogen) atoms. The van der Waals surface area contributed by atoms with Crippen LogP contribution in [0.25, 0.3) is 0 Å². The average Bonchev–Trinajstić information content (AvgIpc) is 2.42. The molecule has 2 N–H and O–H groups in total. The molecule has 1 aromatic carbocycles. The monoisotopic (exact) mass is 298 g/mol. The van der Waals surface area contributed by atoms with E-state index < -0.39 is 5.82 Å². The number of nitrogens with zero attached hydrogens (tertiary/aromatic N) is 1. The number of carbonyl (C=O) groups excluding carboxylic acids is 2. The van der Waals surface area contributed by atoms with Gasteiger partial charge in [0.25, 0.3) is 0 Å². The Labute approximate surface area is 121 Å². The molecule has 0 saturated carbocycles. The third-order valence-electron chi connectivity index (χ3n) is 3.61. The van der Waals surface area contributed by atoms with Crippen LogP contribution in [0.2, 0.25) is 5.02 Å². The number of halogens is 2. The van der Waals surface area contributed by atoms with Gasteiger partial charge in [-0.2, -0.15) is 0 Å². The zero-order chi connectivity index (χ0) is 14.7. The maximum Gasteiger partial charge on any atom is 0.227 e.